The lowest BCUT2D eigenvalue weighted by Gasteiger charge is -2.39. The summed E-state index contributed by atoms with van der Waals surface area (Å²) in [4.78, 5) is 14.7. The van der Waals surface area contributed by atoms with E-state index in [1.165, 1.54) is 6.42 Å². The number of hydrogen-bond acceptors (Lipinski definition) is 3. The molecule has 0 aromatic rings. The van der Waals surface area contributed by atoms with Crippen LogP contribution >= 0.6 is 0 Å². The van der Waals surface area contributed by atoms with Crippen molar-refractivity contribution in [1.29, 1.82) is 0 Å². The van der Waals surface area contributed by atoms with Crippen LogP contribution in [0.15, 0.2) is 5.16 Å². The summed E-state index contributed by atoms with van der Waals surface area (Å²) in [6, 6.07) is 0. The Hall–Kier alpha value is -1.26. The smallest absolute Gasteiger partial charge is 0.236 e. The summed E-state index contributed by atoms with van der Waals surface area (Å²) in [5.74, 6) is 0.642. The molecule has 0 aliphatic carbocycles. The molecule has 0 spiro atoms. The van der Waals surface area contributed by atoms with Gasteiger partial charge in [-0.2, -0.15) is 0 Å². The van der Waals surface area contributed by atoms with Crippen LogP contribution in [0.3, 0.4) is 0 Å². The Morgan fingerprint density at radius 1 is 1.42 bits per heavy atom. The third-order valence-electron chi connectivity index (χ3n) is 4.60. The van der Waals surface area contributed by atoms with E-state index in [2.05, 4.69) is 12.1 Å². The van der Waals surface area contributed by atoms with E-state index in [1.807, 2.05) is 18.7 Å². The first-order valence-corrected chi connectivity index (χ1v) is 7.33. The Kier molecular flexibility index (Phi) is 5.63. The first kappa shape index (κ1) is 15.8. The van der Waals surface area contributed by atoms with Crippen LogP contribution in [0.1, 0.15) is 52.9 Å². The number of rotatable bonds is 5. The van der Waals surface area contributed by atoms with Gasteiger partial charge in [0.25, 0.3) is 0 Å². The molecule has 0 aromatic heterocycles. The summed E-state index contributed by atoms with van der Waals surface area (Å²) in [5, 5.41) is 12.1. The molecular formula is C14H27N3O2. The Balaban J connectivity index is 2.94. The van der Waals surface area contributed by atoms with Crippen molar-refractivity contribution in [2.45, 2.75) is 52.9 Å². The number of carbonyl (C=O) groups excluding carboxylic acids is 1. The van der Waals surface area contributed by atoms with Gasteiger partial charge in [-0.05, 0) is 31.6 Å². The van der Waals surface area contributed by atoms with Gasteiger partial charge in [-0.3, -0.25) is 4.79 Å². The van der Waals surface area contributed by atoms with Crippen LogP contribution in [-0.4, -0.2) is 34.9 Å². The molecular weight excluding hydrogens is 242 g/mol. The quantitative estimate of drug-likeness (QED) is 0.347. The number of nitrogens with two attached hydrogens (primary N) is 1. The molecule has 110 valence electrons. The molecule has 1 fully saturated rings. The third kappa shape index (κ3) is 3.01. The second-order valence-corrected chi connectivity index (χ2v) is 5.44. The van der Waals surface area contributed by atoms with Crippen molar-refractivity contribution in [3.05, 3.63) is 0 Å². The van der Waals surface area contributed by atoms with E-state index in [0.29, 0.717) is 18.8 Å². The van der Waals surface area contributed by atoms with Gasteiger partial charge in [-0.15, -0.1) is 0 Å². The van der Waals surface area contributed by atoms with Crippen molar-refractivity contribution in [3.63, 3.8) is 0 Å². The molecule has 0 radical (unpaired) electrons. The highest BCUT2D eigenvalue weighted by Crippen LogP contribution is 2.32. The van der Waals surface area contributed by atoms with Gasteiger partial charge in [-0.1, -0.05) is 32.3 Å². The van der Waals surface area contributed by atoms with Crippen molar-refractivity contribution in [2.24, 2.45) is 22.2 Å². The zero-order valence-corrected chi connectivity index (χ0v) is 12.4. The SMILES string of the molecule is CCC1CCCN(C(=O)C(CC)(CC)C(N)=NO)C1. The lowest BCUT2D eigenvalue weighted by molar-refractivity contribution is -0.140. The fourth-order valence-corrected chi connectivity index (χ4v) is 3.01. The molecule has 3 N–H and O–H groups in total. The zero-order chi connectivity index (χ0) is 14.5. The van der Waals surface area contributed by atoms with Crippen molar-refractivity contribution in [3.8, 4) is 0 Å². The predicted molar refractivity (Wildman–Crippen MR) is 76.0 cm³/mol. The van der Waals surface area contributed by atoms with E-state index < -0.39 is 5.41 Å². The average Bonchev–Trinajstić information content (AvgIpc) is 2.48. The fourth-order valence-electron chi connectivity index (χ4n) is 3.01. The molecule has 1 amide bonds. The van der Waals surface area contributed by atoms with Gasteiger partial charge in [0.1, 0.15) is 5.41 Å². The summed E-state index contributed by atoms with van der Waals surface area (Å²) in [7, 11) is 0. The van der Waals surface area contributed by atoms with Crippen molar-refractivity contribution in [1.82, 2.24) is 4.90 Å². The predicted octanol–water partition coefficient (Wildman–Crippen LogP) is 2.19. The van der Waals surface area contributed by atoms with Gasteiger partial charge in [0, 0.05) is 13.1 Å². The first-order chi connectivity index (χ1) is 9.05. The molecule has 0 bridgehead atoms. The van der Waals surface area contributed by atoms with Crippen LogP contribution in [0, 0.1) is 11.3 Å². The Morgan fingerprint density at radius 2 is 2.05 bits per heavy atom. The van der Waals surface area contributed by atoms with Crippen LogP contribution in [0.2, 0.25) is 0 Å². The fraction of sp³-hybridized carbons (Fsp3) is 0.857. The Morgan fingerprint density at radius 3 is 2.53 bits per heavy atom. The van der Waals surface area contributed by atoms with E-state index in [0.717, 1.165) is 25.9 Å². The normalized spacial score (nSPS) is 21.5. The van der Waals surface area contributed by atoms with E-state index in [9.17, 15) is 4.79 Å². The topological polar surface area (TPSA) is 78.9 Å². The number of oxime groups is 1. The molecule has 1 atom stereocenters. The third-order valence-corrected chi connectivity index (χ3v) is 4.60. The van der Waals surface area contributed by atoms with Gasteiger partial charge in [0.15, 0.2) is 5.84 Å². The van der Waals surface area contributed by atoms with E-state index in [4.69, 9.17) is 10.9 Å². The summed E-state index contributed by atoms with van der Waals surface area (Å²) in [5.41, 5.74) is 4.96. The molecule has 1 unspecified atom stereocenters. The second-order valence-electron chi connectivity index (χ2n) is 5.44. The maximum Gasteiger partial charge on any atom is 0.236 e. The maximum atomic E-state index is 12.8. The van der Waals surface area contributed by atoms with Crippen molar-refractivity contribution in [2.75, 3.05) is 13.1 Å². The minimum atomic E-state index is -0.843. The van der Waals surface area contributed by atoms with Gasteiger partial charge in [-0.25, -0.2) is 0 Å². The van der Waals surface area contributed by atoms with E-state index in [1.54, 1.807) is 0 Å². The Bertz CT molecular complexity index is 338. The summed E-state index contributed by atoms with van der Waals surface area (Å²) in [6.07, 6.45) is 4.45. The molecule has 1 aliphatic heterocycles. The molecule has 1 saturated heterocycles. The highest BCUT2D eigenvalue weighted by molar-refractivity contribution is 6.06. The number of likely N-dealkylation sites (tertiary alicyclic amines) is 1. The first-order valence-electron chi connectivity index (χ1n) is 7.33. The summed E-state index contributed by atoms with van der Waals surface area (Å²) < 4.78 is 0. The van der Waals surface area contributed by atoms with Crippen LogP contribution in [0.5, 0.6) is 0 Å². The van der Waals surface area contributed by atoms with Crippen LogP contribution < -0.4 is 5.73 Å². The van der Waals surface area contributed by atoms with E-state index in [-0.39, 0.29) is 11.7 Å². The molecule has 1 heterocycles. The minimum absolute atomic E-state index is 0.0194. The summed E-state index contributed by atoms with van der Waals surface area (Å²) >= 11 is 0. The van der Waals surface area contributed by atoms with Crippen LogP contribution in [0.4, 0.5) is 0 Å². The molecule has 1 aliphatic rings. The molecule has 5 heteroatoms. The van der Waals surface area contributed by atoms with Gasteiger partial charge in [0.2, 0.25) is 5.91 Å². The monoisotopic (exact) mass is 269 g/mol. The van der Waals surface area contributed by atoms with Gasteiger partial charge >= 0.3 is 0 Å². The number of amides is 1. The number of piperidine rings is 1. The number of carbonyl (C=O) groups is 1. The highest BCUT2D eigenvalue weighted by atomic mass is 16.4. The van der Waals surface area contributed by atoms with Gasteiger partial charge in [0.05, 0.1) is 0 Å². The lowest BCUT2D eigenvalue weighted by Crippen LogP contribution is -2.53. The summed E-state index contributed by atoms with van der Waals surface area (Å²) in [6.45, 7) is 7.59. The van der Waals surface area contributed by atoms with E-state index >= 15 is 0 Å². The van der Waals surface area contributed by atoms with Crippen molar-refractivity contribution >= 4 is 11.7 Å². The highest BCUT2D eigenvalue weighted by Gasteiger charge is 2.43. The minimum Gasteiger partial charge on any atom is -0.409 e. The number of hydrogen-bond donors (Lipinski definition) is 2. The molecule has 0 saturated carbocycles. The molecule has 5 nitrogen and oxygen atoms in total. The largest absolute Gasteiger partial charge is 0.409 e. The Labute approximate surface area is 115 Å². The van der Waals surface area contributed by atoms with Gasteiger partial charge < -0.3 is 15.8 Å². The lowest BCUT2D eigenvalue weighted by atomic mass is 9.78. The zero-order valence-electron chi connectivity index (χ0n) is 12.4. The number of nitrogens with zero attached hydrogens (tertiary/aromatic N) is 2. The average molecular weight is 269 g/mol. The van der Waals surface area contributed by atoms with Crippen LogP contribution in [0.25, 0.3) is 0 Å². The molecule has 0 aromatic carbocycles. The van der Waals surface area contributed by atoms with Crippen molar-refractivity contribution < 1.29 is 10.0 Å². The molecule has 1 rings (SSSR count). The van der Waals surface area contributed by atoms with Crippen LogP contribution in [-0.2, 0) is 4.79 Å². The molecule has 19 heavy (non-hydrogen) atoms. The standard InChI is InChI=1S/C14H27N3O2/c1-4-11-8-7-9-17(10-11)13(18)14(5-2,6-3)12(15)16-19/h11,19H,4-10H2,1-3H3,(H2,15,16). The second kappa shape index (κ2) is 6.78. The maximum absolute atomic E-state index is 12.8. The number of amidine groups is 1.